The average molecular weight is 317 g/mol. The Bertz CT molecular complexity index is 692. The number of aromatic nitrogens is 2. The van der Waals surface area contributed by atoms with E-state index in [1.807, 2.05) is 0 Å². The van der Waals surface area contributed by atoms with Crippen molar-refractivity contribution in [2.75, 3.05) is 6.54 Å². The van der Waals surface area contributed by atoms with Crippen LogP contribution < -0.4 is 5.32 Å². The second-order valence-corrected chi connectivity index (χ2v) is 6.28. The summed E-state index contributed by atoms with van der Waals surface area (Å²) in [5.74, 6) is 0.175. The predicted molar refractivity (Wildman–Crippen MR) is 81.3 cm³/mol. The fourth-order valence-electron chi connectivity index (χ4n) is 2.03. The molecule has 0 atom stereocenters. The third-order valence-electron chi connectivity index (χ3n) is 3.41. The van der Waals surface area contributed by atoms with Gasteiger partial charge in [-0.1, -0.05) is 0 Å². The Morgan fingerprint density at radius 2 is 1.91 bits per heavy atom. The Labute approximate surface area is 131 Å². The number of carbonyl (C=O) groups excluding carboxylic acids is 1. The summed E-state index contributed by atoms with van der Waals surface area (Å²) in [5, 5.41) is 11.6. The van der Waals surface area contributed by atoms with E-state index in [2.05, 4.69) is 15.3 Å². The first-order chi connectivity index (χ1) is 10.6. The summed E-state index contributed by atoms with van der Waals surface area (Å²) in [4.78, 5) is 31.9. The molecule has 0 unspecified atom stereocenters. The van der Waals surface area contributed by atoms with E-state index >= 15 is 0 Å². The molecule has 2 N–H and O–H groups in total. The second-order valence-electron chi connectivity index (χ2n) is 5.20. The molecule has 0 spiro atoms. The van der Waals surface area contributed by atoms with Gasteiger partial charge in [-0.3, -0.25) is 4.79 Å². The molecule has 0 saturated heterocycles. The normalized spacial score (nSPS) is 13.8. The van der Waals surface area contributed by atoms with Gasteiger partial charge in [-0.05, 0) is 37.0 Å². The van der Waals surface area contributed by atoms with E-state index in [-0.39, 0.29) is 10.8 Å². The van der Waals surface area contributed by atoms with Crippen LogP contribution in [0.15, 0.2) is 24.5 Å². The minimum Gasteiger partial charge on any atom is -0.477 e. The van der Waals surface area contributed by atoms with Crippen LogP contribution >= 0.6 is 11.3 Å². The number of nitrogens with zero attached hydrogens (tertiary/aromatic N) is 2. The maximum atomic E-state index is 11.9. The van der Waals surface area contributed by atoms with Gasteiger partial charge >= 0.3 is 5.97 Å². The molecule has 1 aliphatic carbocycles. The summed E-state index contributed by atoms with van der Waals surface area (Å²) in [5.41, 5.74) is 0.974. The Morgan fingerprint density at radius 1 is 1.23 bits per heavy atom. The number of rotatable bonds is 6. The van der Waals surface area contributed by atoms with Gasteiger partial charge in [0.1, 0.15) is 10.7 Å². The molecule has 2 heterocycles. The third-order valence-corrected chi connectivity index (χ3v) is 4.48. The molecule has 3 rings (SSSR count). The molecule has 1 saturated carbocycles. The Kier molecular flexibility index (Phi) is 4.15. The van der Waals surface area contributed by atoms with E-state index in [1.54, 1.807) is 12.4 Å². The monoisotopic (exact) mass is 317 g/mol. The Morgan fingerprint density at radius 3 is 2.50 bits per heavy atom. The van der Waals surface area contributed by atoms with Crippen LogP contribution in [0.2, 0.25) is 0 Å². The quantitative estimate of drug-likeness (QED) is 0.851. The number of carboxylic acid groups (broad SMARTS) is 1. The third kappa shape index (κ3) is 3.48. The molecule has 114 valence electrons. The molecule has 0 aliphatic heterocycles. The molecule has 6 nitrogen and oxygen atoms in total. The molecule has 7 heteroatoms. The molecule has 1 amide bonds. The lowest BCUT2D eigenvalue weighted by atomic mass is 10.2. The van der Waals surface area contributed by atoms with E-state index in [9.17, 15) is 9.59 Å². The molecule has 1 aliphatic rings. The number of hydrogen-bond acceptors (Lipinski definition) is 5. The average Bonchev–Trinajstić information content (AvgIpc) is 3.23. The summed E-state index contributed by atoms with van der Waals surface area (Å²) >= 11 is 0.971. The highest BCUT2D eigenvalue weighted by atomic mass is 32.1. The molecular weight excluding hydrogens is 302 g/mol. The molecule has 2 aromatic heterocycles. The first-order valence-corrected chi connectivity index (χ1v) is 7.87. The number of aromatic carboxylic acids is 1. The lowest BCUT2D eigenvalue weighted by Gasteiger charge is -2.04. The van der Waals surface area contributed by atoms with Crippen molar-refractivity contribution in [3.8, 4) is 0 Å². The van der Waals surface area contributed by atoms with E-state index in [0.717, 1.165) is 22.7 Å². The Hall–Kier alpha value is -2.28. The highest BCUT2D eigenvalue weighted by Crippen LogP contribution is 2.37. The molecule has 0 radical (unpaired) electrons. The zero-order valence-corrected chi connectivity index (χ0v) is 12.6. The van der Waals surface area contributed by atoms with Gasteiger partial charge in [0.15, 0.2) is 0 Å². The zero-order valence-electron chi connectivity index (χ0n) is 11.8. The molecule has 2 aromatic rings. The van der Waals surface area contributed by atoms with Gasteiger partial charge in [0, 0.05) is 24.9 Å². The molecule has 1 fully saturated rings. The number of amides is 1. The summed E-state index contributed by atoms with van der Waals surface area (Å²) in [6, 6.07) is 2.96. The number of carbonyl (C=O) groups is 2. The molecule has 0 bridgehead atoms. The van der Waals surface area contributed by atoms with Gasteiger partial charge in [0.2, 0.25) is 0 Å². The Balaban J connectivity index is 1.49. The zero-order chi connectivity index (χ0) is 15.5. The first-order valence-electron chi connectivity index (χ1n) is 7.05. The van der Waals surface area contributed by atoms with Gasteiger partial charge in [-0.25, -0.2) is 14.8 Å². The van der Waals surface area contributed by atoms with Crippen molar-refractivity contribution in [2.45, 2.75) is 25.2 Å². The fraction of sp³-hybridized carbons (Fsp3) is 0.333. The minimum absolute atomic E-state index is 0.161. The van der Waals surface area contributed by atoms with Crippen molar-refractivity contribution in [2.24, 2.45) is 0 Å². The van der Waals surface area contributed by atoms with E-state index in [0.29, 0.717) is 23.8 Å². The predicted octanol–water partition coefficient (Wildman–Crippen LogP) is 2.09. The highest BCUT2D eigenvalue weighted by Gasteiger charge is 2.26. The van der Waals surface area contributed by atoms with Crippen molar-refractivity contribution in [1.29, 1.82) is 0 Å². The van der Waals surface area contributed by atoms with Crippen molar-refractivity contribution in [3.05, 3.63) is 45.7 Å². The number of carboxylic acids is 1. The maximum absolute atomic E-state index is 11.9. The van der Waals surface area contributed by atoms with Gasteiger partial charge in [0.25, 0.3) is 5.91 Å². The first kappa shape index (κ1) is 14.6. The maximum Gasteiger partial charge on any atom is 0.345 e. The molecular formula is C15H15N3O3S. The molecule has 22 heavy (non-hydrogen) atoms. The number of hydrogen-bond donors (Lipinski definition) is 2. The minimum atomic E-state index is -1.02. The van der Waals surface area contributed by atoms with Crippen LogP contribution in [-0.2, 0) is 6.42 Å². The second kappa shape index (κ2) is 6.23. The van der Waals surface area contributed by atoms with Crippen LogP contribution in [0.5, 0.6) is 0 Å². The van der Waals surface area contributed by atoms with Gasteiger partial charge in [-0.2, -0.15) is 0 Å². The van der Waals surface area contributed by atoms with Crippen LogP contribution in [0.25, 0.3) is 0 Å². The SMILES string of the molecule is O=C(O)c1ccc(C(=O)NCCc2cnc(C3CC3)nc2)s1. The van der Waals surface area contributed by atoms with Gasteiger partial charge < -0.3 is 10.4 Å². The van der Waals surface area contributed by atoms with Crippen molar-refractivity contribution < 1.29 is 14.7 Å². The van der Waals surface area contributed by atoms with E-state index in [4.69, 9.17) is 5.11 Å². The lowest BCUT2D eigenvalue weighted by molar-refractivity contribution is 0.0702. The van der Waals surface area contributed by atoms with Crippen LogP contribution in [-0.4, -0.2) is 33.5 Å². The van der Waals surface area contributed by atoms with E-state index in [1.165, 1.54) is 25.0 Å². The van der Waals surface area contributed by atoms with Crippen molar-refractivity contribution >= 4 is 23.2 Å². The smallest absolute Gasteiger partial charge is 0.345 e. The summed E-state index contributed by atoms with van der Waals surface area (Å²) < 4.78 is 0. The number of thiophene rings is 1. The summed E-state index contributed by atoms with van der Waals surface area (Å²) in [7, 11) is 0. The summed E-state index contributed by atoms with van der Waals surface area (Å²) in [6.45, 7) is 0.464. The topological polar surface area (TPSA) is 92.2 Å². The van der Waals surface area contributed by atoms with Crippen LogP contribution in [0.4, 0.5) is 0 Å². The standard InChI is InChI=1S/C15H15N3O3S/c19-14(11-3-4-12(22-11)15(20)21)16-6-5-9-7-17-13(18-8-9)10-1-2-10/h3-4,7-8,10H,1-2,5-6H2,(H,16,19)(H,20,21). The van der Waals surface area contributed by atoms with Crippen LogP contribution in [0.1, 0.15) is 49.5 Å². The van der Waals surface area contributed by atoms with Crippen LogP contribution in [0.3, 0.4) is 0 Å². The largest absolute Gasteiger partial charge is 0.477 e. The lowest BCUT2D eigenvalue weighted by Crippen LogP contribution is -2.24. The van der Waals surface area contributed by atoms with E-state index < -0.39 is 5.97 Å². The van der Waals surface area contributed by atoms with Gasteiger partial charge in [0.05, 0.1) is 4.88 Å². The fourth-order valence-corrected chi connectivity index (χ4v) is 2.79. The van der Waals surface area contributed by atoms with Crippen molar-refractivity contribution in [1.82, 2.24) is 15.3 Å². The number of nitrogens with one attached hydrogen (secondary N) is 1. The van der Waals surface area contributed by atoms with Crippen molar-refractivity contribution in [3.63, 3.8) is 0 Å². The summed E-state index contributed by atoms with van der Waals surface area (Å²) in [6.07, 6.45) is 6.61. The van der Waals surface area contributed by atoms with Gasteiger partial charge in [-0.15, -0.1) is 11.3 Å². The van der Waals surface area contributed by atoms with Crippen LogP contribution in [0, 0.1) is 0 Å². The molecule has 0 aromatic carbocycles. The highest BCUT2D eigenvalue weighted by molar-refractivity contribution is 7.15.